The Kier molecular flexibility index (Phi) is 4.97. The summed E-state index contributed by atoms with van der Waals surface area (Å²) >= 11 is 1.39. The predicted molar refractivity (Wildman–Crippen MR) is 97.6 cm³/mol. The number of benzene rings is 1. The van der Waals surface area contributed by atoms with Crippen LogP contribution in [0.1, 0.15) is 35.9 Å². The third-order valence-electron chi connectivity index (χ3n) is 4.24. The van der Waals surface area contributed by atoms with Crippen molar-refractivity contribution in [2.24, 2.45) is 0 Å². The zero-order chi connectivity index (χ0) is 17.0. The van der Waals surface area contributed by atoms with Crippen molar-refractivity contribution in [2.45, 2.75) is 31.7 Å². The third-order valence-corrected chi connectivity index (χ3v) is 5.11. The summed E-state index contributed by atoms with van der Waals surface area (Å²) in [5, 5.41) is 11.0. The van der Waals surface area contributed by atoms with Crippen LogP contribution in [0.25, 0.3) is 0 Å². The van der Waals surface area contributed by atoms with Gasteiger partial charge in [-0.3, -0.25) is 9.59 Å². The lowest BCUT2D eigenvalue weighted by molar-refractivity contribution is -0.122. The lowest BCUT2D eigenvalue weighted by atomic mass is 9.90. The number of amides is 2. The van der Waals surface area contributed by atoms with E-state index in [9.17, 15) is 9.59 Å². The van der Waals surface area contributed by atoms with Crippen molar-refractivity contribution in [3.05, 3.63) is 46.7 Å². The molecule has 24 heavy (non-hydrogen) atoms. The average Bonchev–Trinajstić information content (AvgIpc) is 3.10. The van der Waals surface area contributed by atoms with Gasteiger partial charge in [-0.05, 0) is 62.4 Å². The molecule has 1 aliphatic heterocycles. The number of thiophene rings is 1. The van der Waals surface area contributed by atoms with Gasteiger partial charge >= 0.3 is 0 Å². The van der Waals surface area contributed by atoms with Crippen molar-refractivity contribution < 1.29 is 9.59 Å². The molecule has 0 saturated carbocycles. The van der Waals surface area contributed by atoms with E-state index < -0.39 is 5.54 Å². The van der Waals surface area contributed by atoms with Crippen LogP contribution >= 0.6 is 11.3 Å². The van der Waals surface area contributed by atoms with E-state index in [1.165, 1.54) is 11.3 Å². The Labute approximate surface area is 145 Å². The van der Waals surface area contributed by atoms with Crippen molar-refractivity contribution in [1.82, 2.24) is 5.32 Å². The van der Waals surface area contributed by atoms with Crippen molar-refractivity contribution in [3.8, 4) is 0 Å². The summed E-state index contributed by atoms with van der Waals surface area (Å²) in [5.41, 5.74) is 0.805. The fourth-order valence-corrected chi connectivity index (χ4v) is 3.41. The quantitative estimate of drug-likeness (QED) is 0.796. The van der Waals surface area contributed by atoms with E-state index in [1.807, 2.05) is 36.6 Å². The second-order valence-corrected chi connectivity index (χ2v) is 7.13. The van der Waals surface area contributed by atoms with Crippen LogP contribution < -0.4 is 16.0 Å². The first kappa shape index (κ1) is 16.7. The van der Waals surface area contributed by atoms with E-state index in [1.54, 1.807) is 12.1 Å². The summed E-state index contributed by atoms with van der Waals surface area (Å²) in [7, 11) is 0. The van der Waals surface area contributed by atoms with E-state index >= 15 is 0 Å². The lowest BCUT2D eigenvalue weighted by Gasteiger charge is -2.33. The standard InChI is InChI=1S/C18H21N3O2S/c1-18(9-2-3-10-19-18)17(23)21-14-7-4-6-13(12-14)20-16(22)15-8-5-11-24-15/h4-8,11-12,19H,2-3,9-10H2,1H3,(H,20,22)(H,21,23). The molecular weight excluding hydrogens is 322 g/mol. The number of rotatable bonds is 4. The van der Waals surface area contributed by atoms with Gasteiger partial charge in [-0.2, -0.15) is 0 Å². The second kappa shape index (κ2) is 7.15. The minimum Gasteiger partial charge on any atom is -0.324 e. The topological polar surface area (TPSA) is 70.2 Å². The molecule has 1 aliphatic rings. The maximum absolute atomic E-state index is 12.6. The maximum Gasteiger partial charge on any atom is 0.265 e. The predicted octanol–water partition coefficient (Wildman–Crippen LogP) is 3.47. The number of anilines is 2. The number of piperidine rings is 1. The number of carbonyl (C=O) groups is 2. The fraction of sp³-hybridized carbons (Fsp3) is 0.333. The molecule has 1 saturated heterocycles. The van der Waals surface area contributed by atoms with Crippen LogP contribution in [0.4, 0.5) is 11.4 Å². The highest BCUT2D eigenvalue weighted by molar-refractivity contribution is 7.12. The SMILES string of the molecule is CC1(C(=O)Nc2cccc(NC(=O)c3cccs3)c2)CCCCN1. The molecule has 2 amide bonds. The molecule has 1 aromatic carbocycles. The normalized spacial score (nSPS) is 20.4. The largest absolute Gasteiger partial charge is 0.324 e. The van der Waals surface area contributed by atoms with Gasteiger partial charge in [-0.25, -0.2) is 0 Å². The van der Waals surface area contributed by atoms with E-state index in [0.717, 1.165) is 25.8 Å². The van der Waals surface area contributed by atoms with E-state index in [4.69, 9.17) is 0 Å². The Bertz CT molecular complexity index is 722. The zero-order valence-electron chi connectivity index (χ0n) is 13.6. The molecule has 0 bridgehead atoms. The molecular formula is C18H21N3O2S. The lowest BCUT2D eigenvalue weighted by Crippen LogP contribution is -2.54. The van der Waals surface area contributed by atoms with Crippen LogP contribution in [0.15, 0.2) is 41.8 Å². The Morgan fingerprint density at radius 2 is 1.92 bits per heavy atom. The summed E-state index contributed by atoms with van der Waals surface area (Å²) in [6.07, 6.45) is 2.98. The number of carbonyl (C=O) groups excluding carboxylic acids is 2. The smallest absolute Gasteiger partial charge is 0.265 e. The zero-order valence-corrected chi connectivity index (χ0v) is 14.4. The van der Waals surface area contributed by atoms with Gasteiger partial charge in [0.05, 0.1) is 10.4 Å². The van der Waals surface area contributed by atoms with Gasteiger partial charge in [-0.1, -0.05) is 12.1 Å². The fourth-order valence-electron chi connectivity index (χ4n) is 2.79. The molecule has 126 valence electrons. The molecule has 2 aromatic rings. The van der Waals surface area contributed by atoms with Gasteiger partial charge in [0.2, 0.25) is 5.91 Å². The Morgan fingerprint density at radius 1 is 1.12 bits per heavy atom. The number of hydrogen-bond donors (Lipinski definition) is 3. The molecule has 2 heterocycles. The molecule has 3 rings (SSSR count). The van der Waals surface area contributed by atoms with Gasteiger partial charge in [0.15, 0.2) is 0 Å². The highest BCUT2D eigenvalue weighted by Gasteiger charge is 2.34. The molecule has 3 N–H and O–H groups in total. The van der Waals surface area contributed by atoms with E-state index in [-0.39, 0.29) is 11.8 Å². The van der Waals surface area contributed by atoms with Crippen molar-refractivity contribution >= 4 is 34.5 Å². The van der Waals surface area contributed by atoms with E-state index in [0.29, 0.717) is 16.3 Å². The van der Waals surface area contributed by atoms with Gasteiger partial charge in [0.1, 0.15) is 0 Å². The first-order chi connectivity index (χ1) is 11.6. The van der Waals surface area contributed by atoms with Crippen LogP contribution in [0.2, 0.25) is 0 Å². The van der Waals surface area contributed by atoms with Crippen LogP contribution in [0, 0.1) is 0 Å². The number of hydrogen-bond acceptors (Lipinski definition) is 4. The highest BCUT2D eigenvalue weighted by atomic mass is 32.1. The van der Waals surface area contributed by atoms with Gasteiger partial charge in [0.25, 0.3) is 5.91 Å². The molecule has 1 aromatic heterocycles. The third kappa shape index (κ3) is 3.83. The van der Waals surface area contributed by atoms with Crippen molar-refractivity contribution in [3.63, 3.8) is 0 Å². The first-order valence-electron chi connectivity index (χ1n) is 8.08. The molecule has 1 atom stereocenters. The Hall–Kier alpha value is -2.18. The Balaban J connectivity index is 1.67. The molecule has 5 nitrogen and oxygen atoms in total. The molecule has 0 spiro atoms. The first-order valence-corrected chi connectivity index (χ1v) is 8.96. The molecule has 0 aliphatic carbocycles. The van der Waals surface area contributed by atoms with Crippen molar-refractivity contribution in [2.75, 3.05) is 17.2 Å². The summed E-state index contributed by atoms with van der Waals surface area (Å²) in [6.45, 7) is 2.80. The van der Waals surface area contributed by atoms with Gasteiger partial charge in [-0.15, -0.1) is 11.3 Å². The van der Waals surface area contributed by atoms with Gasteiger partial charge in [0, 0.05) is 11.4 Å². The molecule has 1 fully saturated rings. The summed E-state index contributed by atoms with van der Waals surface area (Å²) < 4.78 is 0. The maximum atomic E-state index is 12.6. The molecule has 6 heteroatoms. The van der Waals surface area contributed by atoms with Crippen LogP contribution in [-0.4, -0.2) is 23.9 Å². The minimum atomic E-state index is -0.533. The average molecular weight is 343 g/mol. The number of nitrogens with one attached hydrogen (secondary N) is 3. The van der Waals surface area contributed by atoms with Crippen molar-refractivity contribution in [1.29, 1.82) is 0 Å². The summed E-state index contributed by atoms with van der Waals surface area (Å²) in [5.74, 6) is -0.182. The highest BCUT2D eigenvalue weighted by Crippen LogP contribution is 2.22. The Morgan fingerprint density at radius 3 is 2.58 bits per heavy atom. The van der Waals surface area contributed by atoms with Crippen LogP contribution in [-0.2, 0) is 4.79 Å². The summed E-state index contributed by atoms with van der Waals surface area (Å²) in [6, 6.07) is 10.8. The monoisotopic (exact) mass is 343 g/mol. The van der Waals surface area contributed by atoms with Crippen LogP contribution in [0.5, 0.6) is 0 Å². The molecule has 1 unspecified atom stereocenters. The minimum absolute atomic E-state index is 0.0380. The summed E-state index contributed by atoms with van der Waals surface area (Å²) in [4.78, 5) is 25.3. The van der Waals surface area contributed by atoms with Gasteiger partial charge < -0.3 is 16.0 Å². The van der Waals surface area contributed by atoms with E-state index in [2.05, 4.69) is 16.0 Å². The molecule has 0 radical (unpaired) electrons. The van der Waals surface area contributed by atoms with Crippen LogP contribution in [0.3, 0.4) is 0 Å². The second-order valence-electron chi connectivity index (χ2n) is 6.18.